The van der Waals surface area contributed by atoms with Gasteiger partial charge in [-0.15, -0.1) is 0 Å². The fraction of sp³-hybridized carbons (Fsp3) is 0.375. The van der Waals surface area contributed by atoms with Crippen molar-refractivity contribution in [2.75, 3.05) is 6.61 Å². The van der Waals surface area contributed by atoms with E-state index >= 15 is 0 Å². The molecule has 1 aliphatic heterocycles. The van der Waals surface area contributed by atoms with Crippen LogP contribution in [0, 0.1) is 5.92 Å². The summed E-state index contributed by atoms with van der Waals surface area (Å²) in [5.74, 6) is -1.13. The fourth-order valence-corrected chi connectivity index (χ4v) is 5.25. The Hall–Kier alpha value is -2.94. The lowest BCUT2D eigenvalue weighted by atomic mass is 10.1. The SMILES string of the molecule is CC1(C)O[C@@H]2[C@@H](COC(=O)c3ccc4occc4c3)C[C@@H](n3ccc4c(Cl)ncnc43)[C@@H]2O1. The Labute approximate surface area is 194 Å². The summed E-state index contributed by atoms with van der Waals surface area (Å²) in [6.07, 6.45) is 5.32. The van der Waals surface area contributed by atoms with Gasteiger partial charge in [-0.3, -0.25) is 0 Å². The van der Waals surface area contributed by atoms with Gasteiger partial charge >= 0.3 is 5.97 Å². The first-order chi connectivity index (χ1) is 15.9. The molecule has 0 radical (unpaired) electrons. The highest BCUT2D eigenvalue weighted by molar-refractivity contribution is 6.33. The van der Waals surface area contributed by atoms with Gasteiger partial charge in [0.25, 0.3) is 0 Å². The van der Waals surface area contributed by atoms with E-state index in [1.807, 2.05) is 32.2 Å². The molecule has 8 nitrogen and oxygen atoms in total. The summed E-state index contributed by atoms with van der Waals surface area (Å²) < 4.78 is 25.7. The number of carbonyl (C=O) groups excluding carboxylic acids is 1. The van der Waals surface area contributed by atoms with Gasteiger partial charge in [-0.2, -0.15) is 0 Å². The molecule has 9 heteroatoms. The van der Waals surface area contributed by atoms with Gasteiger partial charge in [0.1, 0.15) is 28.8 Å². The first-order valence-electron chi connectivity index (χ1n) is 10.9. The fourth-order valence-electron chi connectivity index (χ4n) is 5.06. The summed E-state index contributed by atoms with van der Waals surface area (Å²) in [5, 5.41) is 2.07. The van der Waals surface area contributed by atoms with Crippen LogP contribution in [-0.4, -0.2) is 45.1 Å². The number of furan rings is 1. The average molecular weight is 468 g/mol. The largest absolute Gasteiger partial charge is 0.464 e. The molecule has 33 heavy (non-hydrogen) atoms. The van der Waals surface area contributed by atoms with Crippen molar-refractivity contribution in [3.8, 4) is 0 Å². The van der Waals surface area contributed by atoms with Gasteiger partial charge < -0.3 is 23.2 Å². The Morgan fingerprint density at radius 2 is 2.06 bits per heavy atom. The Kier molecular flexibility index (Phi) is 4.72. The second kappa shape index (κ2) is 7.55. The van der Waals surface area contributed by atoms with E-state index in [2.05, 4.69) is 14.5 Å². The molecule has 1 saturated heterocycles. The Bertz CT molecular complexity index is 1360. The van der Waals surface area contributed by atoms with E-state index in [1.165, 1.54) is 6.33 Å². The summed E-state index contributed by atoms with van der Waals surface area (Å²) in [7, 11) is 0. The maximum atomic E-state index is 12.7. The summed E-state index contributed by atoms with van der Waals surface area (Å²) in [6, 6.07) is 8.95. The predicted octanol–water partition coefficient (Wildman–Crippen LogP) is 4.77. The normalized spacial score (nSPS) is 26.2. The van der Waals surface area contributed by atoms with E-state index in [0.29, 0.717) is 17.1 Å². The summed E-state index contributed by atoms with van der Waals surface area (Å²) in [5.41, 5.74) is 1.97. The lowest BCUT2D eigenvalue weighted by molar-refractivity contribution is -0.161. The zero-order chi connectivity index (χ0) is 22.7. The van der Waals surface area contributed by atoms with Crippen molar-refractivity contribution in [2.45, 2.75) is 44.3 Å². The molecule has 1 aliphatic carbocycles. The molecule has 0 unspecified atom stereocenters. The molecule has 0 N–H and O–H groups in total. The smallest absolute Gasteiger partial charge is 0.338 e. The van der Waals surface area contributed by atoms with Crippen molar-refractivity contribution in [1.82, 2.24) is 14.5 Å². The van der Waals surface area contributed by atoms with Crippen LogP contribution < -0.4 is 0 Å². The van der Waals surface area contributed by atoms with E-state index in [9.17, 15) is 4.79 Å². The van der Waals surface area contributed by atoms with Crippen molar-refractivity contribution in [2.24, 2.45) is 5.92 Å². The summed E-state index contributed by atoms with van der Waals surface area (Å²) in [6.45, 7) is 4.03. The minimum absolute atomic E-state index is 0.0295. The van der Waals surface area contributed by atoms with Crippen LogP contribution in [0.5, 0.6) is 0 Å². The van der Waals surface area contributed by atoms with Gasteiger partial charge in [0, 0.05) is 17.5 Å². The Morgan fingerprint density at radius 3 is 2.94 bits per heavy atom. The van der Waals surface area contributed by atoms with Crippen LogP contribution in [0.3, 0.4) is 0 Å². The lowest BCUT2D eigenvalue weighted by Crippen LogP contribution is -2.29. The van der Waals surface area contributed by atoms with Crippen molar-refractivity contribution in [3.05, 3.63) is 59.8 Å². The van der Waals surface area contributed by atoms with Crippen LogP contribution >= 0.6 is 11.6 Å². The van der Waals surface area contributed by atoms with Gasteiger partial charge in [-0.1, -0.05) is 11.6 Å². The maximum Gasteiger partial charge on any atom is 0.338 e. The number of ether oxygens (including phenoxy) is 3. The van der Waals surface area contributed by atoms with E-state index < -0.39 is 5.79 Å². The molecule has 170 valence electrons. The molecule has 0 spiro atoms. The van der Waals surface area contributed by atoms with Crippen LogP contribution in [0.25, 0.3) is 22.0 Å². The Morgan fingerprint density at radius 1 is 1.21 bits per heavy atom. The number of nitrogens with zero attached hydrogens (tertiary/aromatic N) is 3. The second-order valence-corrected chi connectivity index (χ2v) is 9.38. The molecule has 4 aromatic rings. The molecule has 4 heterocycles. The number of hydrogen-bond acceptors (Lipinski definition) is 7. The van der Waals surface area contributed by atoms with E-state index in [4.69, 9.17) is 30.2 Å². The van der Waals surface area contributed by atoms with Gasteiger partial charge in [-0.05, 0) is 50.6 Å². The zero-order valence-corrected chi connectivity index (χ0v) is 18.9. The van der Waals surface area contributed by atoms with Crippen molar-refractivity contribution in [3.63, 3.8) is 0 Å². The first kappa shape index (κ1) is 20.7. The van der Waals surface area contributed by atoms with Crippen molar-refractivity contribution in [1.29, 1.82) is 0 Å². The molecule has 1 saturated carbocycles. The topological polar surface area (TPSA) is 88.6 Å². The third-order valence-corrected chi connectivity index (χ3v) is 6.79. The first-order valence-corrected chi connectivity index (χ1v) is 11.2. The predicted molar refractivity (Wildman–Crippen MR) is 120 cm³/mol. The van der Waals surface area contributed by atoms with Crippen LogP contribution in [0.15, 0.2) is 53.5 Å². The molecule has 1 aromatic carbocycles. The average Bonchev–Trinajstić information content (AvgIpc) is 3.54. The molecule has 3 aromatic heterocycles. The third-order valence-electron chi connectivity index (χ3n) is 6.49. The van der Waals surface area contributed by atoms with E-state index in [1.54, 1.807) is 24.5 Å². The number of hydrogen-bond donors (Lipinski definition) is 0. The van der Waals surface area contributed by atoms with Gasteiger partial charge in [0.05, 0.1) is 36.0 Å². The van der Waals surface area contributed by atoms with Crippen LogP contribution in [-0.2, 0) is 14.2 Å². The molecule has 2 fully saturated rings. The second-order valence-electron chi connectivity index (χ2n) is 9.02. The van der Waals surface area contributed by atoms with Crippen LogP contribution in [0.4, 0.5) is 0 Å². The van der Waals surface area contributed by atoms with Crippen LogP contribution in [0.1, 0.15) is 36.7 Å². The highest BCUT2D eigenvalue weighted by atomic mass is 35.5. The number of carbonyl (C=O) groups is 1. The number of rotatable bonds is 4. The van der Waals surface area contributed by atoms with Crippen LogP contribution in [0.2, 0.25) is 5.15 Å². The van der Waals surface area contributed by atoms with Gasteiger partial charge in [0.2, 0.25) is 0 Å². The molecular formula is C24H22ClN3O5. The maximum absolute atomic E-state index is 12.7. The minimum Gasteiger partial charge on any atom is -0.464 e. The number of esters is 1. The Balaban J connectivity index is 1.24. The highest BCUT2D eigenvalue weighted by Crippen LogP contribution is 2.48. The number of fused-ring (bicyclic) bond motifs is 3. The molecule has 0 bridgehead atoms. The van der Waals surface area contributed by atoms with Crippen molar-refractivity contribution < 1.29 is 23.4 Å². The lowest BCUT2D eigenvalue weighted by Gasteiger charge is -2.24. The quantitative estimate of drug-likeness (QED) is 0.315. The highest BCUT2D eigenvalue weighted by Gasteiger charge is 2.55. The minimum atomic E-state index is -0.724. The standard InChI is InChI=1S/C24H22ClN3O5/c1-24(2)32-19-15(11-31-23(29)14-3-4-18-13(9-14)6-8-30-18)10-17(20(19)33-24)28-7-5-16-21(25)26-12-27-22(16)28/h3-9,12,15,17,19-20H,10-11H2,1-2H3/t15-,17-,19-,20+/m1/s1. The molecule has 0 amide bonds. The van der Waals surface area contributed by atoms with E-state index in [-0.39, 0.29) is 36.7 Å². The van der Waals surface area contributed by atoms with E-state index in [0.717, 1.165) is 22.0 Å². The zero-order valence-electron chi connectivity index (χ0n) is 18.1. The number of halogens is 1. The third kappa shape index (κ3) is 3.49. The summed E-state index contributed by atoms with van der Waals surface area (Å²) >= 11 is 6.25. The van der Waals surface area contributed by atoms with Crippen molar-refractivity contribution >= 4 is 39.6 Å². The number of benzene rings is 1. The number of aromatic nitrogens is 3. The molecule has 6 rings (SSSR count). The monoisotopic (exact) mass is 467 g/mol. The van der Waals surface area contributed by atoms with Gasteiger partial charge in [-0.25, -0.2) is 14.8 Å². The molecule has 4 atom stereocenters. The summed E-state index contributed by atoms with van der Waals surface area (Å²) in [4.78, 5) is 21.2. The molecular weight excluding hydrogens is 446 g/mol. The van der Waals surface area contributed by atoms with Gasteiger partial charge in [0.15, 0.2) is 5.79 Å². The molecule has 2 aliphatic rings.